The molecule has 1 saturated heterocycles. The van der Waals surface area contributed by atoms with Crippen LogP contribution in [-0.2, 0) is 0 Å². The number of nitrogens with one attached hydrogen (secondary N) is 1. The number of anilines is 1. The first-order valence-corrected chi connectivity index (χ1v) is 8.46. The molecule has 1 heterocycles. The van der Waals surface area contributed by atoms with Gasteiger partial charge in [0.2, 0.25) is 0 Å². The van der Waals surface area contributed by atoms with E-state index >= 15 is 0 Å². The molecular weight excluding hydrogens is 371 g/mol. The lowest BCUT2D eigenvalue weighted by Crippen LogP contribution is -2.58. The van der Waals surface area contributed by atoms with E-state index in [1.165, 1.54) is 14.8 Å². The van der Waals surface area contributed by atoms with Crippen LogP contribution in [0.3, 0.4) is 0 Å². The maximum atomic E-state index is 3.68. The van der Waals surface area contributed by atoms with E-state index in [9.17, 15) is 0 Å². The van der Waals surface area contributed by atoms with Gasteiger partial charge in [0.15, 0.2) is 0 Å². The molecule has 0 radical (unpaired) electrons. The van der Waals surface area contributed by atoms with E-state index in [0.717, 1.165) is 13.1 Å². The second-order valence-corrected chi connectivity index (χ2v) is 7.43. The molecule has 0 amide bonds. The van der Waals surface area contributed by atoms with Gasteiger partial charge in [-0.3, -0.25) is 0 Å². The van der Waals surface area contributed by atoms with Crippen molar-refractivity contribution in [3.63, 3.8) is 0 Å². The Kier molecular flexibility index (Phi) is 4.22. The maximum absolute atomic E-state index is 3.68. The summed E-state index contributed by atoms with van der Waals surface area (Å²) in [6.07, 6.45) is 0. The van der Waals surface area contributed by atoms with E-state index in [1.807, 2.05) is 0 Å². The smallest absolute Gasteiger partial charge is 0.0668 e. The molecular formula is C18H21IN2. The number of hydrogen-bond donors (Lipinski definition) is 1. The lowest BCUT2D eigenvalue weighted by molar-refractivity contribution is 0.312. The van der Waals surface area contributed by atoms with Crippen molar-refractivity contribution in [1.29, 1.82) is 0 Å². The van der Waals surface area contributed by atoms with E-state index in [-0.39, 0.29) is 5.54 Å². The van der Waals surface area contributed by atoms with Crippen LogP contribution >= 0.6 is 22.6 Å². The maximum Gasteiger partial charge on any atom is 0.0668 e. The van der Waals surface area contributed by atoms with E-state index in [2.05, 4.69) is 101 Å². The lowest BCUT2D eigenvalue weighted by atomic mass is 9.94. The minimum atomic E-state index is 0.129. The van der Waals surface area contributed by atoms with Crippen LogP contribution in [0, 0.1) is 3.57 Å². The second kappa shape index (κ2) is 5.97. The fourth-order valence-electron chi connectivity index (χ4n) is 2.99. The summed E-state index contributed by atoms with van der Waals surface area (Å²) in [4.78, 5) is 2.55. The molecule has 3 heteroatoms. The number of benzene rings is 2. The Morgan fingerprint density at radius 3 is 2.43 bits per heavy atom. The van der Waals surface area contributed by atoms with E-state index in [0.29, 0.717) is 6.04 Å². The number of piperazine rings is 1. The van der Waals surface area contributed by atoms with Crippen molar-refractivity contribution in [2.75, 3.05) is 18.0 Å². The summed E-state index contributed by atoms with van der Waals surface area (Å²) >= 11 is 2.44. The highest BCUT2D eigenvalue weighted by molar-refractivity contribution is 14.1. The largest absolute Gasteiger partial charge is 0.361 e. The summed E-state index contributed by atoms with van der Waals surface area (Å²) < 4.78 is 1.31. The number of hydrogen-bond acceptors (Lipinski definition) is 2. The topological polar surface area (TPSA) is 15.3 Å². The highest BCUT2D eigenvalue weighted by Gasteiger charge is 2.34. The average Bonchev–Trinajstić information content (AvgIpc) is 2.48. The molecule has 0 spiro atoms. The Morgan fingerprint density at radius 1 is 1.05 bits per heavy atom. The normalized spacial score (nSPS) is 21.3. The summed E-state index contributed by atoms with van der Waals surface area (Å²) in [5.41, 5.74) is 2.84. The standard InChI is InChI=1S/C18H21IN2/c1-18(2)13-21(16-11-7-6-10-15(16)19)17(12-20-18)14-8-4-3-5-9-14/h3-11,17,20H,12-13H2,1-2H3. The third kappa shape index (κ3) is 3.24. The van der Waals surface area contributed by atoms with Crippen molar-refractivity contribution >= 4 is 28.3 Å². The van der Waals surface area contributed by atoms with Gasteiger partial charge < -0.3 is 10.2 Å². The first-order valence-electron chi connectivity index (χ1n) is 7.38. The number of nitrogens with zero attached hydrogens (tertiary/aromatic N) is 1. The molecule has 0 bridgehead atoms. The quantitative estimate of drug-likeness (QED) is 0.770. The fraction of sp³-hybridized carbons (Fsp3) is 0.333. The number of rotatable bonds is 2. The van der Waals surface area contributed by atoms with Gasteiger partial charge in [-0.2, -0.15) is 0 Å². The average molecular weight is 392 g/mol. The fourth-order valence-corrected chi connectivity index (χ4v) is 3.68. The van der Waals surface area contributed by atoms with Crippen molar-refractivity contribution in [3.8, 4) is 0 Å². The predicted octanol–water partition coefficient (Wildman–Crippen LogP) is 4.22. The van der Waals surface area contributed by atoms with E-state index in [1.54, 1.807) is 0 Å². The molecule has 2 aromatic rings. The van der Waals surface area contributed by atoms with Gasteiger partial charge in [0, 0.05) is 22.2 Å². The minimum absolute atomic E-state index is 0.129. The molecule has 1 fully saturated rings. The molecule has 1 unspecified atom stereocenters. The molecule has 1 aliphatic heterocycles. The van der Waals surface area contributed by atoms with Crippen LogP contribution < -0.4 is 10.2 Å². The molecule has 21 heavy (non-hydrogen) atoms. The van der Waals surface area contributed by atoms with Crippen molar-refractivity contribution in [1.82, 2.24) is 5.32 Å². The monoisotopic (exact) mass is 392 g/mol. The second-order valence-electron chi connectivity index (χ2n) is 6.27. The van der Waals surface area contributed by atoms with Gasteiger partial charge in [0.25, 0.3) is 0 Å². The van der Waals surface area contributed by atoms with E-state index < -0.39 is 0 Å². The first-order chi connectivity index (χ1) is 10.1. The summed E-state index contributed by atoms with van der Waals surface area (Å²) in [7, 11) is 0. The Morgan fingerprint density at radius 2 is 1.71 bits per heavy atom. The van der Waals surface area contributed by atoms with Gasteiger partial charge in [-0.1, -0.05) is 42.5 Å². The molecule has 0 saturated carbocycles. The zero-order valence-electron chi connectivity index (χ0n) is 12.5. The van der Waals surface area contributed by atoms with Gasteiger partial charge in [-0.15, -0.1) is 0 Å². The zero-order valence-corrected chi connectivity index (χ0v) is 14.7. The molecule has 2 aromatic carbocycles. The Bertz CT molecular complexity index is 610. The third-order valence-corrected chi connectivity index (χ3v) is 4.97. The molecule has 110 valence electrons. The third-order valence-electron chi connectivity index (χ3n) is 4.06. The van der Waals surface area contributed by atoms with Crippen molar-refractivity contribution in [2.45, 2.75) is 25.4 Å². The molecule has 0 aromatic heterocycles. The summed E-state index contributed by atoms with van der Waals surface area (Å²) in [6, 6.07) is 19.8. The van der Waals surface area contributed by atoms with Crippen molar-refractivity contribution < 1.29 is 0 Å². The lowest BCUT2D eigenvalue weighted by Gasteiger charge is -2.46. The van der Waals surface area contributed by atoms with Crippen LogP contribution in [-0.4, -0.2) is 18.6 Å². The Balaban J connectivity index is 2.01. The zero-order chi connectivity index (χ0) is 14.9. The van der Waals surface area contributed by atoms with Gasteiger partial charge in [-0.25, -0.2) is 0 Å². The van der Waals surface area contributed by atoms with Crippen molar-refractivity contribution in [3.05, 3.63) is 63.7 Å². The van der Waals surface area contributed by atoms with Crippen LogP contribution in [0.15, 0.2) is 54.6 Å². The summed E-state index contributed by atoms with van der Waals surface area (Å²) in [5, 5.41) is 3.68. The van der Waals surface area contributed by atoms with Crippen LogP contribution in [0.5, 0.6) is 0 Å². The van der Waals surface area contributed by atoms with Crippen LogP contribution in [0.4, 0.5) is 5.69 Å². The summed E-state index contributed by atoms with van der Waals surface area (Å²) in [6.45, 7) is 6.53. The molecule has 3 rings (SSSR count). The molecule has 1 N–H and O–H groups in total. The highest BCUT2D eigenvalue weighted by Crippen LogP contribution is 2.34. The summed E-state index contributed by atoms with van der Waals surface area (Å²) in [5.74, 6) is 0. The number of halogens is 1. The predicted molar refractivity (Wildman–Crippen MR) is 97.8 cm³/mol. The van der Waals surface area contributed by atoms with Gasteiger partial charge in [0.1, 0.15) is 0 Å². The Labute approximate surface area is 140 Å². The van der Waals surface area contributed by atoms with Gasteiger partial charge in [0.05, 0.1) is 11.7 Å². The number of para-hydroxylation sites is 1. The van der Waals surface area contributed by atoms with Crippen molar-refractivity contribution in [2.24, 2.45) is 0 Å². The molecule has 1 atom stereocenters. The first kappa shape index (κ1) is 14.9. The van der Waals surface area contributed by atoms with Crippen LogP contribution in [0.1, 0.15) is 25.5 Å². The SMILES string of the molecule is CC1(C)CN(c2ccccc2I)C(c2ccccc2)CN1. The highest BCUT2D eigenvalue weighted by atomic mass is 127. The minimum Gasteiger partial charge on any atom is -0.361 e. The van der Waals surface area contributed by atoms with Crippen LogP contribution in [0.2, 0.25) is 0 Å². The molecule has 2 nitrogen and oxygen atoms in total. The molecule has 0 aliphatic carbocycles. The van der Waals surface area contributed by atoms with Gasteiger partial charge >= 0.3 is 0 Å². The van der Waals surface area contributed by atoms with Crippen LogP contribution in [0.25, 0.3) is 0 Å². The molecule has 1 aliphatic rings. The van der Waals surface area contributed by atoms with Gasteiger partial charge in [-0.05, 0) is 54.1 Å². The Hall–Kier alpha value is -1.07. The van der Waals surface area contributed by atoms with E-state index in [4.69, 9.17) is 0 Å².